The first kappa shape index (κ1) is 19.3. The van der Waals surface area contributed by atoms with Gasteiger partial charge in [-0.05, 0) is 18.6 Å². The summed E-state index contributed by atoms with van der Waals surface area (Å²) in [7, 11) is 1.54. The third kappa shape index (κ3) is 3.44. The molecule has 29 heavy (non-hydrogen) atoms. The van der Waals surface area contributed by atoms with Crippen molar-refractivity contribution in [1.82, 2.24) is 19.6 Å². The molecule has 0 saturated carbocycles. The molecule has 3 aromatic heterocycles. The van der Waals surface area contributed by atoms with Crippen LogP contribution in [0.1, 0.15) is 27.9 Å². The molecule has 0 amide bonds. The molecule has 4 rings (SSSR count). The monoisotopic (exact) mass is 405 g/mol. The average Bonchev–Trinajstić information content (AvgIpc) is 2.69. The summed E-state index contributed by atoms with van der Waals surface area (Å²) < 4.78 is 45.8. The maximum atomic E-state index is 13.1. The molecule has 7 nitrogen and oxygen atoms in total. The summed E-state index contributed by atoms with van der Waals surface area (Å²) in [4.78, 5) is 22.3. The van der Waals surface area contributed by atoms with Gasteiger partial charge in [0.15, 0.2) is 11.5 Å². The van der Waals surface area contributed by atoms with Gasteiger partial charge in [-0.2, -0.15) is 17.7 Å². The Morgan fingerprint density at radius 2 is 2.07 bits per heavy atom. The van der Waals surface area contributed by atoms with E-state index >= 15 is 0 Å². The van der Waals surface area contributed by atoms with E-state index in [9.17, 15) is 18.0 Å². The average molecular weight is 405 g/mol. The van der Waals surface area contributed by atoms with Gasteiger partial charge >= 0.3 is 6.18 Å². The number of hydrogen-bond acceptors (Lipinski definition) is 6. The number of aromatic nitrogens is 4. The normalized spacial score (nSPS) is 14.3. The molecule has 1 aliphatic heterocycles. The molecule has 0 aliphatic carbocycles. The van der Waals surface area contributed by atoms with Crippen molar-refractivity contribution in [3.05, 3.63) is 62.8 Å². The molecular formula is C19H18F3N5O2. The fourth-order valence-corrected chi connectivity index (χ4v) is 3.54. The van der Waals surface area contributed by atoms with Crippen molar-refractivity contribution in [3.63, 3.8) is 0 Å². The Morgan fingerprint density at radius 1 is 1.28 bits per heavy atom. The summed E-state index contributed by atoms with van der Waals surface area (Å²) in [5.74, 6) is 0.495. The zero-order chi connectivity index (χ0) is 20.8. The van der Waals surface area contributed by atoms with Crippen molar-refractivity contribution in [2.45, 2.75) is 32.7 Å². The summed E-state index contributed by atoms with van der Waals surface area (Å²) in [5.41, 5.74) is 1.93. The smallest absolute Gasteiger partial charge is 0.380 e. The quantitative estimate of drug-likeness (QED) is 0.667. The Bertz CT molecular complexity index is 1140. The van der Waals surface area contributed by atoms with E-state index in [0.29, 0.717) is 35.7 Å². The largest absolute Gasteiger partial charge is 0.417 e. The second kappa shape index (κ2) is 7.11. The summed E-state index contributed by atoms with van der Waals surface area (Å²) in [6, 6.07) is 2.44. The highest BCUT2D eigenvalue weighted by Crippen LogP contribution is 2.33. The van der Waals surface area contributed by atoms with Crippen molar-refractivity contribution in [2.24, 2.45) is 0 Å². The topological polar surface area (TPSA) is 72.6 Å². The third-order valence-corrected chi connectivity index (χ3v) is 5.03. The van der Waals surface area contributed by atoms with Crippen LogP contribution in [0.5, 0.6) is 0 Å². The van der Waals surface area contributed by atoms with Crippen molar-refractivity contribution in [1.29, 1.82) is 0 Å². The van der Waals surface area contributed by atoms with E-state index in [1.165, 1.54) is 16.8 Å². The number of halogens is 3. The lowest BCUT2D eigenvalue weighted by molar-refractivity contribution is -0.137. The minimum Gasteiger partial charge on any atom is -0.380 e. The summed E-state index contributed by atoms with van der Waals surface area (Å²) in [6.07, 6.45) is -1.69. The summed E-state index contributed by atoms with van der Waals surface area (Å²) in [6.45, 7) is 2.77. The Morgan fingerprint density at radius 3 is 2.79 bits per heavy atom. The van der Waals surface area contributed by atoms with Crippen molar-refractivity contribution < 1.29 is 17.9 Å². The number of fused-ring (bicyclic) bond motifs is 2. The summed E-state index contributed by atoms with van der Waals surface area (Å²) in [5, 5.41) is 4.47. The molecule has 0 radical (unpaired) electrons. The molecule has 1 aliphatic rings. The second-order valence-corrected chi connectivity index (χ2v) is 6.88. The molecule has 0 aromatic carbocycles. The first-order chi connectivity index (χ1) is 13.8. The van der Waals surface area contributed by atoms with Gasteiger partial charge in [-0.25, -0.2) is 4.98 Å². The molecule has 0 unspecified atom stereocenters. The van der Waals surface area contributed by atoms with E-state index < -0.39 is 11.7 Å². The molecular weight excluding hydrogens is 387 g/mol. The summed E-state index contributed by atoms with van der Waals surface area (Å²) >= 11 is 0. The van der Waals surface area contributed by atoms with Crippen molar-refractivity contribution in [2.75, 3.05) is 18.6 Å². The number of methoxy groups -OCH3 is 1. The van der Waals surface area contributed by atoms with Crippen LogP contribution in [0.4, 0.5) is 19.0 Å². The third-order valence-electron chi connectivity index (χ3n) is 5.03. The number of anilines is 1. The highest BCUT2D eigenvalue weighted by atomic mass is 19.4. The Hall–Kier alpha value is -3.01. The van der Waals surface area contributed by atoms with Gasteiger partial charge in [-0.15, -0.1) is 5.10 Å². The number of alkyl halides is 3. The van der Waals surface area contributed by atoms with Gasteiger partial charge in [0.05, 0.1) is 12.2 Å². The van der Waals surface area contributed by atoms with Crippen LogP contribution >= 0.6 is 0 Å². The van der Waals surface area contributed by atoms with E-state index in [2.05, 4.69) is 15.1 Å². The Balaban J connectivity index is 1.82. The van der Waals surface area contributed by atoms with Crippen LogP contribution < -0.4 is 10.5 Å². The van der Waals surface area contributed by atoms with Crippen LogP contribution in [0, 0.1) is 6.92 Å². The molecule has 0 saturated heterocycles. The number of rotatable bonds is 3. The van der Waals surface area contributed by atoms with Crippen LogP contribution in [-0.2, 0) is 30.5 Å². The van der Waals surface area contributed by atoms with E-state index in [0.717, 1.165) is 23.4 Å². The first-order valence-corrected chi connectivity index (χ1v) is 8.96. The molecule has 10 heteroatoms. The molecule has 0 N–H and O–H groups in total. The maximum absolute atomic E-state index is 13.1. The van der Waals surface area contributed by atoms with Crippen LogP contribution in [0.3, 0.4) is 0 Å². The molecule has 3 aromatic rings. The second-order valence-electron chi connectivity index (χ2n) is 6.88. The fraction of sp³-hybridized carbons (Fsp3) is 0.368. The van der Waals surface area contributed by atoms with E-state index in [4.69, 9.17) is 4.74 Å². The van der Waals surface area contributed by atoms with Gasteiger partial charge in [0.25, 0.3) is 5.56 Å². The standard InChI is InChI=1S/C19H18F3N5O2/c1-11-14(10-29-2)18(25-27-16(28)3-5-23-17(11)27)26-6-4-15-12(9-26)7-13(8-24-15)19(20,21)22/h3,5,7-8H,4,6,9-10H2,1-2H3. The SMILES string of the molecule is COCc1c(N2CCc3ncc(C(F)(F)F)cc3C2)nn2c(=O)ccnc2c1C. The minimum atomic E-state index is -4.46. The lowest BCUT2D eigenvalue weighted by Gasteiger charge is -2.31. The van der Waals surface area contributed by atoms with Gasteiger partial charge in [-0.3, -0.25) is 9.78 Å². The maximum Gasteiger partial charge on any atom is 0.417 e. The zero-order valence-electron chi connectivity index (χ0n) is 15.8. The zero-order valence-corrected chi connectivity index (χ0v) is 15.8. The number of pyridine rings is 1. The number of nitrogens with zero attached hydrogens (tertiary/aromatic N) is 5. The molecule has 0 fully saturated rings. The highest BCUT2D eigenvalue weighted by molar-refractivity contribution is 5.60. The lowest BCUT2D eigenvalue weighted by atomic mass is 10.0. The van der Waals surface area contributed by atoms with Crippen molar-refractivity contribution in [3.8, 4) is 0 Å². The predicted molar refractivity (Wildman–Crippen MR) is 98.7 cm³/mol. The number of aryl methyl sites for hydroxylation is 1. The Kier molecular flexibility index (Phi) is 4.73. The number of ether oxygens (including phenoxy) is 1. The Labute approximate surface area is 163 Å². The van der Waals surface area contributed by atoms with Gasteiger partial charge in [0.2, 0.25) is 0 Å². The fourth-order valence-electron chi connectivity index (χ4n) is 3.54. The first-order valence-electron chi connectivity index (χ1n) is 8.96. The minimum absolute atomic E-state index is 0.204. The van der Waals surface area contributed by atoms with Gasteiger partial charge < -0.3 is 9.64 Å². The van der Waals surface area contributed by atoms with Crippen LogP contribution in [0.2, 0.25) is 0 Å². The number of hydrogen-bond donors (Lipinski definition) is 0. The predicted octanol–water partition coefficient (Wildman–Crippen LogP) is 2.52. The van der Waals surface area contributed by atoms with E-state index in [1.807, 2.05) is 11.8 Å². The van der Waals surface area contributed by atoms with Crippen molar-refractivity contribution >= 4 is 11.5 Å². The van der Waals surface area contributed by atoms with Gasteiger partial charge in [0, 0.05) is 61.9 Å². The lowest BCUT2D eigenvalue weighted by Crippen LogP contribution is -2.34. The molecule has 152 valence electrons. The molecule has 0 bridgehead atoms. The van der Waals surface area contributed by atoms with E-state index in [-0.39, 0.29) is 18.7 Å². The van der Waals surface area contributed by atoms with Crippen LogP contribution in [-0.4, -0.2) is 33.2 Å². The molecule has 4 heterocycles. The molecule has 0 spiro atoms. The van der Waals surface area contributed by atoms with Gasteiger partial charge in [-0.1, -0.05) is 0 Å². The van der Waals surface area contributed by atoms with E-state index in [1.54, 1.807) is 7.11 Å². The molecule has 0 atom stereocenters. The highest BCUT2D eigenvalue weighted by Gasteiger charge is 2.33. The van der Waals surface area contributed by atoms with Crippen LogP contribution in [0.15, 0.2) is 29.3 Å². The van der Waals surface area contributed by atoms with Crippen LogP contribution in [0.25, 0.3) is 5.65 Å². The van der Waals surface area contributed by atoms with Gasteiger partial charge in [0.1, 0.15) is 0 Å².